The highest BCUT2D eigenvalue weighted by Gasteiger charge is 2.06. The van der Waals surface area contributed by atoms with Gasteiger partial charge in [0.05, 0.1) is 0 Å². The summed E-state index contributed by atoms with van der Waals surface area (Å²) < 4.78 is 0. The summed E-state index contributed by atoms with van der Waals surface area (Å²) >= 11 is 0. The standard InChI is InChI=1S/C17H32N2O/c1-15(2)14-17(20)19-18-16-12-10-8-6-4-3-5-7-9-11-13-16/h15H,3-14H2,1-2H3,(H,19,20). The maximum atomic E-state index is 11.7. The summed E-state index contributed by atoms with van der Waals surface area (Å²) in [6.45, 7) is 4.12. The molecule has 0 spiro atoms. The first-order chi connectivity index (χ1) is 9.68. The fraction of sp³-hybridized carbons (Fsp3) is 0.882. The third-order valence-corrected chi connectivity index (χ3v) is 3.86. The minimum atomic E-state index is 0.0543. The third-order valence-electron chi connectivity index (χ3n) is 3.86. The van der Waals surface area contributed by atoms with Crippen molar-refractivity contribution in [2.75, 3.05) is 0 Å². The van der Waals surface area contributed by atoms with Gasteiger partial charge in [-0.3, -0.25) is 4.79 Å². The number of hydrazone groups is 1. The lowest BCUT2D eigenvalue weighted by Crippen LogP contribution is -2.21. The summed E-state index contributed by atoms with van der Waals surface area (Å²) in [7, 11) is 0. The third kappa shape index (κ3) is 9.11. The lowest BCUT2D eigenvalue weighted by atomic mass is 10.00. The zero-order valence-electron chi connectivity index (χ0n) is 13.4. The number of amides is 1. The zero-order chi connectivity index (χ0) is 14.6. The molecule has 1 rings (SSSR count). The molecule has 1 amide bonds. The quantitative estimate of drug-likeness (QED) is 0.741. The summed E-state index contributed by atoms with van der Waals surface area (Å²) in [6.07, 6.45) is 14.6. The Morgan fingerprint density at radius 3 is 1.85 bits per heavy atom. The molecule has 0 aromatic rings. The smallest absolute Gasteiger partial charge is 0.240 e. The van der Waals surface area contributed by atoms with Gasteiger partial charge in [-0.1, -0.05) is 58.8 Å². The molecule has 0 atom stereocenters. The Bertz CT molecular complexity index is 283. The van der Waals surface area contributed by atoms with Crippen molar-refractivity contribution in [2.45, 2.75) is 90.9 Å². The van der Waals surface area contributed by atoms with Gasteiger partial charge in [0.2, 0.25) is 5.91 Å². The van der Waals surface area contributed by atoms with Crippen LogP contribution in [0.15, 0.2) is 5.10 Å². The number of nitrogens with one attached hydrogen (secondary N) is 1. The van der Waals surface area contributed by atoms with Crippen LogP contribution in [0.3, 0.4) is 0 Å². The van der Waals surface area contributed by atoms with E-state index < -0.39 is 0 Å². The molecule has 0 saturated heterocycles. The summed E-state index contributed by atoms with van der Waals surface area (Å²) in [5, 5.41) is 4.38. The van der Waals surface area contributed by atoms with Gasteiger partial charge in [0.25, 0.3) is 0 Å². The van der Waals surface area contributed by atoms with Crippen molar-refractivity contribution in [3.63, 3.8) is 0 Å². The number of carbonyl (C=O) groups excluding carboxylic acids is 1. The largest absolute Gasteiger partial charge is 0.273 e. The highest BCUT2D eigenvalue weighted by Crippen LogP contribution is 2.15. The van der Waals surface area contributed by atoms with E-state index in [1.165, 1.54) is 63.5 Å². The van der Waals surface area contributed by atoms with Gasteiger partial charge in [-0.05, 0) is 31.6 Å². The van der Waals surface area contributed by atoms with E-state index in [1.54, 1.807) is 0 Å². The Morgan fingerprint density at radius 1 is 0.950 bits per heavy atom. The van der Waals surface area contributed by atoms with Crippen LogP contribution < -0.4 is 5.43 Å². The molecule has 3 heteroatoms. The maximum Gasteiger partial charge on any atom is 0.240 e. The molecule has 1 saturated carbocycles. The van der Waals surface area contributed by atoms with Gasteiger partial charge < -0.3 is 0 Å². The second-order valence-corrected chi connectivity index (χ2v) is 6.49. The monoisotopic (exact) mass is 280 g/mol. The fourth-order valence-corrected chi connectivity index (χ4v) is 2.69. The van der Waals surface area contributed by atoms with Crippen molar-refractivity contribution in [1.82, 2.24) is 5.43 Å². The minimum absolute atomic E-state index is 0.0543. The Morgan fingerprint density at radius 2 is 1.40 bits per heavy atom. The fourth-order valence-electron chi connectivity index (χ4n) is 2.69. The molecule has 3 nitrogen and oxygen atoms in total. The van der Waals surface area contributed by atoms with Crippen LogP contribution in [0.25, 0.3) is 0 Å². The van der Waals surface area contributed by atoms with Crippen LogP contribution in [0.5, 0.6) is 0 Å². The van der Waals surface area contributed by atoms with E-state index in [4.69, 9.17) is 0 Å². The number of carbonyl (C=O) groups is 1. The lowest BCUT2D eigenvalue weighted by Gasteiger charge is -2.10. The van der Waals surface area contributed by atoms with E-state index in [0.29, 0.717) is 12.3 Å². The zero-order valence-corrected chi connectivity index (χ0v) is 13.4. The molecule has 0 aromatic heterocycles. The van der Waals surface area contributed by atoms with Crippen LogP contribution in [0, 0.1) is 5.92 Å². The van der Waals surface area contributed by atoms with Crippen molar-refractivity contribution < 1.29 is 4.79 Å². The van der Waals surface area contributed by atoms with Crippen LogP contribution in [0.4, 0.5) is 0 Å². The predicted molar refractivity (Wildman–Crippen MR) is 85.8 cm³/mol. The van der Waals surface area contributed by atoms with Crippen molar-refractivity contribution in [1.29, 1.82) is 0 Å². The van der Waals surface area contributed by atoms with Crippen LogP contribution in [-0.2, 0) is 4.79 Å². The molecule has 20 heavy (non-hydrogen) atoms. The number of nitrogens with zero attached hydrogens (tertiary/aromatic N) is 1. The average Bonchev–Trinajstić information content (AvgIpc) is 2.37. The maximum absolute atomic E-state index is 11.7. The number of hydrogen-bond acceptors (Lipinski definition) is 2. The molecule has 116 valence electrons. The Balaban J connectivity index is 2.38. The Kier molecular flexibility index (Phi) is 9.35. The van der Waals surface area contributed by atoms with Gasteiger partial charge in [-0.25, -0.2) is 5.43 Å². The molecule has 0 aromatic carbocycles. The van der Waals surface area contributed by atoms with Gasteiger partial charge in [-0.15, -0.1) is 0 Å². The Labute approximate surface area is 124 Å². The van der Waals surface area contributed by atoms with Crippen LogP contribution in [-0.4, -0.2) is 11.6 Å². The predicted octanol–water partition coefficient (Wildman–Crippen LogP) is 4.81. The van der Waals surface area contributed by atoms with Gasteiger partial charge in [0.1, 0.15) is 0 Å². The molecule has 0 aliphatic heterocycles. The molecule has 0 unspecified atom stereocenters. The molecule has 0 radical (unpaired) electrons. The number of rotatable bonds is 3. The van der Waals surface area contributed by atoms with Crippen molar-refractivity contribution >= 4 is 11.6 Å². The molecular formula is C17H32N2O. The minimum Gasteiger partial charge on any atom is -0.273 e. The van der Waals surface area contributed by atoms with Crippen molar-refractivity contribution in [3.8, 4) is 0 Å². The van der Waals surface area contributed by atoms with Crippen LogP contribution in [0.1, 0.15) is 90.9 Å². The first kappa shape index (κ1) is 17.2. The molecule has 1 aliphatic rings. The van der Waals surface area contributed by atoms with E-state index in [9.17, 15) is 4.79 Å². The van der Waals surface area contributed by atoms with Crippen molar-refractivity contribution in [3.05, 3.63) is 0 Å². The Hall–Kier alpha value is -0.860. The molecule has 1 N–H and O–H groups in total. The summed E-state index contributed by atoms with van der Waals surface area (Å²) in [5.41, 5.74) is 3.94. The van der Waals surface area contributed by atoms with Gasteiger partial charge in [0.15, 0.2) is 0 Å². The second-order valence-electron chi connectivity index (χ2n) is 6.49. The normalized spacial score (nSPS) is 19.1. The van der Waals surface area contributed by atoms with Gasteiger partial charge >= 0.3 is 0 Å². The highest BCUT2D eigenvalue weighted by atomic mass is 16.2. The molecule has 0 bridgehead atoms. The second kappa shape index (κ2) is 10.9. The first-order valence-electron chi connectivity index (χ1n) is 8.52. The van der Waals surface area contributed by atoms with E-state index in [1.807, 2.05) is 0 Å². The topological polar surface area (TPSA) is 41.5 Å². The van der Waals surface area contributed by atoms with E-state index >= 15 is 0 Å². The summed E-state index contributed by atoms with van der Waals surface area (Å²) in [4.78, 5) is 11.7. The summed E-state index contributed by atoms with van der Waals surface area (Å²) in [6, 6.07) is 0. The van der Waals surface area contributed by atoms with Crippen LogP contribution in [0.2, 0.25) is 0 Å². The molecule has 1 aliphatic carbocycles. The van der Waals surface area contributed by atoms with E-state index in [2.05, 4.69) is 24.4 Å². The lowest BCUT2D eigenvalue weighted by molar-refractivity contribution is -0.121. The average molecular weight is 280 g/mol. The first-order valence-corrected chi connectivity index (χ1v) is 8.52. The molecule has 0 heterocycles. The van der Waals surface area contributed by atoms with E-state index in [-0.39, 0.29) is 5.91 Å². The van der Waals surface area contributed by atoms with Crippen molar-refractivity contribution in [2.24, 2.45) is 11.0 Å². The van der Waals surface area contributed by atoms with E-state index in [0.717, 1.165) is 12.8 Å². The highest BCUT2D eigenvalue weighted by molar-refractivity contribution is 5.86. The SMILES string of the molecule is CC(C)CC(=O)NN=C1CCCCCCCCCCC1. The van der Waals surface area contributed by atoms with Gasteiger partial charge in [0, 0.05) is 12.1 Å². The van der Waals surface area contributed by atoms with Crippen LogP contribution >= 0.6 is 0 Å². The number of hydrogen-bond donors (Lipinski definition) is 1. The molecule has 1 fully saturated rings. The molecular weight excluding hydrogens is 248 g/mol. The van der Waals surface area contributed by atoms with Gasteiger partial charge in [-0.2, -0.15) is 5.10 Å². The summed E-state index contributed by atoms with van der Waals surface area (Å²) in [5.74, 6) is 0.449.